The number of rotatable bonds is 5. The topological polar surface area (TPSA) is 65.8 Å². The molecule has 2 aromatic rings. The van der Waals surface area contributed by atoms with Gasteiger partial charge in [0.25, 0.3) is 0 Å². The first-order valence-electron chi connectivity index (χ1n) is 8.40. The summed E-state index contributed by atoms with van der Waals surface area (Å²) in [5, 5.41) is 12.3. The van der Waals surface area contributed by atoms with Crippen molar-refractivity contribution in [1.29, 1.82) is 5.26 Å². The van der Waals surface area contributed by atoms with Crippen LogP contribution >= 0.6 is 0 Å². The number of carbonyl (C=O) groups is 1. The zero-order chi connectivity index (χ0) is 18.4. The molecule has 0 fully saturated rings. The molecule has 0 atom stereocenters. The second-order valence-electron chi connectivity index (χ2n) is 6.06. The van der Waals surface area contributed by atoms with Gasteiger partial charge in [-0.2, -0.15) is 5.26 Å². The van der Waals surface area contributed by atoms with E-state index in [9.17, 15) is 10.1 Å². The van der Waals surface area contributed by atoms with Gasteiger partial charge in [-0.05, 0) is 67.7 Å². The fraction of sp³-hybridized carbons (Fsp3) is 0.286. The first-order valence-corrected chi connectivity index (χ1v) is 8.40. The van der Waals surface area contributed by atoms with Gasteiger partial charge in [-0.3, -0.25) is 9.78 Å². The highest BCUT2D eigenvalue weighted by Gasteiger charge is 2.15. The van der Waals surface area contributed by atoms with E-state index in [0.29, 0.717) is 17.7 Å². The summed E-state index contributed by atoms with van der Waals surface area (Å²) in [6.45, 7) is 8.44. The van der Waals surface area contributed by atoms with Crippen molar-refractivity contribution >= 4 is 11.5 Å². The van der Waals surface area contributed by atoms with E-state index in [-0.39, 0.29) is 5.91 Å². The summed E-state index contributed by atoms with van der Waals surface area (Å²) in [5.74, 6) is -0.0657. The highest BCUT2D eigenvalue weighted by atomic mass is 16.1. The summed E-state index contributed by atoms with van der Waals surface area (Å²) in [6.07, 6.45) is 4.40. The first-order chi connectivity index (χ1) is 12.0. The third kappa shape index (κ3) is 4.13. The van der Waals surface area contributed by atoms with Gasteiger partial charge < -0.3 is 5.32 Å². The summed E-state index contributed by atoms with van der Waals surface area (Å²) < 4.78 is 0. The maximum Gasteiger partial charge on any atom is 0.247 e. The van der Waals surface area contributed by atoms with E-state index in [2.05, 4.69) is 16.4 Å². The van der Waals surface area contributed by atoms with Crippen LogP contribution < -0.4 is 5.32 Å². The molecule has 0 saturated carbocycles. The summed E-state index contributed by atoms with van der Waals surface area (Å²) in [5.41, 5.74) is 5.99. The van der Waals surface area contributed by atoms with Crippen LogP contribution in [0.5, 0.6) is 0 Å². The molecule has 25 heavy (non-hydrogen) atoms. The number of hydrogen-bond donors (Lipinski definition) is 1. The maximum absolute atomic E-state index is 12.3. The molecule has 0 spiro atoms. The predicted octanol–water partition coefficient (Wildman–Crippen LogP) is 4.25. The number of pyridine rings is 1. The Bertz CT molecular complexity index is 845. The molecule has 1 heterocycles. The molecule has 0 saturated heterocycles. The standard InChI is InChI=1S/C21H23N3O/c1-5-8-24-21(25)15(3)14(2)19-10-17(12-22)11-20(16(19)4)18-7-6-9-23-13-18/h6-7,9-11,13H,5,8H2,1-4H3,(H,24,25)/b15-14+. The van der Waals surface area contributed by atoms with Gasteiger partial charge >= 0.3 is 0 Å². The molecule has 0 aliphatic heterocycles. The SMILES string of the molecule is CCCNC(=O)/C(C)=C(\C)c1cc(C#N)cc(-c2cccnc2)c1C. The largest absolute Gasteiger partial charge is 0.352 e. The van der Waals surface area contributed by atoms with E-state index in [4.69, 9.17) is 0 Å². The minimum atomic E-state index is -0.0657. The Labute approximate surface area is 149 Å². The van der Waals surface area contributed by atoms with E-state index in [0.717, 1.165) is 34.2 Å². The van der Waals surface area contributed by atoms with Crippen LogP contribution in [0, 0.1) is 18.3 Å². The van der Waals surface area contributed by atoms with Gasteiger partial charge in [0.2, 0.25) is 5.91 Å². The number of nitrogens with one attached hydrogen (secondary N) is 1. The van der Waals surface area contributed by atoms with E-state index in [1.54, 1.807) is 12.4 Å². The van der Waals surface area contributed by atoms with Gasteiger partial charge in [0.1, 0.15) is 0 Å². The van der Waals surface area contributed by atoms with Crippen molar-refractivity contribution in [2.75, 3.05) is 6.54 Å². The van der Waals surface area contributed by atoms with E-state index in [1.807, 2.05) is 52.0 Å². The van der Waals surface area contributed by atoms with Crippen LogP contribution in [0.3, 0.4) is 0 Å². The third-order valence-corrected chi connectivity index (χ3v) is 4.35. The lowest BCUT2D eigenvalue weighted by molar-refractivity contribution is -0.117. The molecule has 0 radical (unpaired) electrons. The lowest BCUT2D eigenvalue weighted by atomic mass is 9.90. The molecular weight excluding hydrogens is 310 g/mol. The van der Waals surface area contributed by atoms with Crippen molar-refractivity contribution in [2.24, 2.45) is 0 Å². The Hall–Kier alpha value is -2.93. The van der Waals surface area contributed by atoms with Crippen molar-refractivity contribution in [3.8, 4) is 17.2 Å². The Morgan fingerprint density at radius 2 is 2.08 bits per heavy atom. The molecule has 0 unspecified atom stereocenters. The lowest BCUT2D eigenvalue weighted by Gasteiger charge is -2.15. The molecule has 4 heteroatoms. The fourth-order valence-corrected chi connectivity index (χ4v) is 2.73. The minimum absolute atomic E-state index is 0.0657. The molecule has 0 bridgehead atoms. The molecule has 1 N–H and O–H groups in total. The number of nitriles is 1. The molecule has 0 aliphatic carbocycles. The normalized spacial score (nSPS) is 11.5. The van der Waals surface area contributed by atoms with Crippen molar-refractivity contribution in [3.63, 3.8) is 0 Å². The molecule has 128 valence electrons. The van der Waals surface area contributed by atoms with E-state index < -0.39 is 0 Å². The zero-order valence-electron chi connectivity index (χ0n) is 15.2. The van der Waals surface area contributed by atoms with Crippen molar-refractivity contribution in [3.05, 3.63) is 58.9 Å². The number of carbonyl (C=O) groups excluding carboxylic acids is 1. The molecule has 1 amide bonds. The van der Waals surface area contributed by atoms with E-state index in [1.165, 1.54) is 0 Å². The second kappa shape index (κ2) is 8.25. The van der Waals surface area contributed by atoms with Gasteiger partial charge in [0.05, 0.1) is 11.6 Å². The highest BCUT2D eigenvalue weighted by Crippen LogP contribution is 2.31. The van der Waals surface area contributed by atoms with Crippen LogP contribution in [0.25, 0.3) is 16.7 Å². The Balaban J connectivity index is 2.58. The average Bonchev–Trinajstić information content (AvgIpc) is 2.65. The highest BCUT2D eigenvalue weighted by molar-refractivity contribution is 6.01. The second-order valence-corrected chi connectivity index (χ2v) is 6.06. The molecule has 0 aliphatic rings. The monoisotopic (exact) mass is 333 g/mol. The Morgan fingerprint density at radius 1 is 1.32 bits per heavy atom. The van der Waals surface area contributed by atoms with Crippen LogP contribution in [0.2, 0.25) is 0 Å². The van der Waals surface area contributed by atoms with Crippen LogP contribution in [-0.4, -0.2) is 17.4 Å². The maximum atomic E-state index is 12.3. The van der Waals surface area contributed by atoms with E-state index >= 15 is 0 Å². The zero-order valence-corrected chi connectivity index (χ0v) is 15.2. The summed E-state index contributed by atoms with van der Waals surface area (Å²) in [4.78, 5) is 16.5. The van der Waals surface area contributed by atoms with Crippen LogP contribution in [0.4, 0.5) is 0 Å². The van der Waals surface area contributed by atoms with Gasteiger partial charge in [0, 0.05) is 30.1 Å². The minimum Gasteiger partial charge on any atom is -0.352 e. The van der Waals surface area contributed by atoms with Crippen molar-refractivity contribution in [2.45, 2.75) is 34.1 Å². The number of benzene rings is 1. The Morgan fingerprint density at radius 3 is 2.68 bits per heavy atom. The first kappa shape index (κ1) is 18.4. The summed E-state index contributed by atoms with van der Waals surface area (Å²) >= 11 is 0. The van der Waals surface area contributed by atoms with Crippen LogP contribution in [0.15, 0.2) is 42.2 Å². The number of amides is 1. The van der Waals surface area contributed by atoms with Gasteiger partial charge in [-0.1, -0.05) is 13.0 Å². The Kier molecular flexibility index (Phi) is 6.08. The number of hydrogen-bond acceptors (Lipinski definition) is 3. The molecular formula is C21H23N3O. The van der Waals surface area contributed by atoms with Gasteiger partial charge in [-0.25, -0.2) is 0 Å². The smallest absolute Gasteiger partial charge is 0.247 e. The number of nitrogens with zero attached hydrogens (tertiary/aromatic N) is 2. The molecule has 1 aromatic heterocycles. The lowest BCUT2D eigenvalue weighted by Crippen LogP contribution is -2.25. The van der Waals surface area contributed by atoms with Crippen LogP contribution in [-0.2, 0) is 4.79 Å². The summed E-state index contributed by atoms with van der Waals surface area (Å²) in [6, 6.07) is 9.78. The van der Waals surface area contributed by atoms with Crippen molar-refractivity contribution in [1.82, 2.24) is 10.3 Å². The summed E-state index contributed by atoms with van der Waals surface area (Å²) in [7, 11) is 0. The van der Waals surface area contributed by atoms with Gasteiger partial charge in [0.15, 0.2) is 0 Å². The molecule has 4 nitrogen and oxygen atoms in total. The predicted molar refractivity (Wildman–Crippen MR) is 101 cm³/mol. The average molecular weight is 333 g/mol. The van der Waals surface area contributed by atoms with Gasteiger partial charge in [-0.15, -0.1) is 0 Å². The quantitative estimate of drug-likeness (QED) is 0.832. The number of aromatic nitrogens is 1. The van der Waals surface area contributed by atoms with Crippen LogP contribution in [0.1, 0.15) is 43.9 Å². The number of allylic oxidation sites excluding steroid dienone is 1. The third-order valence-electron chi connectivity index (χ3n) is 4.35. The fourth-order valence-electron chi connectivity index (χ4n) is 2.73. The van der Waals surface area contributed by atoms with Crippen molar-refractivity contribution < 1.29 is 4.79 Å². The molecule has 2 rings (SSSR count). The molecule has 1 aromatic carbocycles.